The van der Waals surface area contributed by atoms with Gasteiger partial charge in [0.1, 0.15) is 0 Å². The van der Waals surface area contributed by atoms with Crippen LogP contribution >= 0.6 is 0 Å². The SMILES string of the molecule is CCN(c1ccccc1)S(=O)(=O)c1ccc(NC(=O)c2ccc(C(C)(C)C)cc2)cc1. The lowest BCUT2D eigenvalue weighted by Gasteiger charge is -2.23. The van der Waals surface area contributed by atoms with Gasteiger partial charge in [-0.2, -0.15) is 0 Å². The summed E-state index contributed by atoms with van der Waals surface area (Å²) in [4.78, 5) is 12.7. The lowest BCUT2D eigenvalue weighted by atomic mass is 9.87. The molecule has 3 aromatic carbocycles. The molecule has 0 fully saturated rings. The summed E-state index contributed by atoms with van der Waals surface area (Å²) in [5.74, 6) is -0.240. The molecule has 0 atom stereocenters. The molecule has 31 heavy (non-hydrogen) atoms. The fourth-order valence-corrected chi connectivity index (χ4v) is 4.72. The van der Waals surface area contributed by atoms with Crippen molar-refractivity contribution in [2.24, 2.45) is 0 Å². The Hall–Kier alpha value is -3.12. The van der Waals surface area contributed by atoms with Gasteiger partial charge in [-0.05, 0) is 66.4 Å². The quantitative estimate of drug-likeness (QED) is 0.559. The number of rotatable bonds is 6. The predicted molar refractivity (Wildman–Crippen MR) is 126 cm³/mol. The first-order valence-corrected chi connectivity index (χ1v) is 11.7. The van der Waals surface area contributed by atoms with Gasteiger partial charge >= 0.3 is 0 Å². The smallest absolute Gasteiger partial charge is 0.264 e. The number of para-hydroxylation sites is 1. The van der Waals surface area contributed by atoms with Gasteiger partial charge in [0.25, 0.3) is 15.9 Å². The molecule has 5 nitrogen and oxygen atoms in total. The molecule has 3 rings (SSSR count). The Morgan fingerprint density at radius 1 is 0.871 bits per heavy atom. The van der Waals surface area contributed by atoms with Gasteiger partial charge in [0, 0.05) is 17.8 Å². The number of anilines is 2. The van der Waals surface area contributed by atoms with Crippen LogP contribution in [-0.2, 0) is 15.4 Å². The topological polar surface area (TPSA) is 66.5 Å². The third-order valence-electron chi connectivity index (χ3n) is 5.04. The zero-order chi connectivity index (χ0) is 22.6. The largest absolute Gasteiger partial charge is 0.322 e. The van der Waals surface area contributed by atoms with Gasteiger partial charge in [0.05, 0.1) is 10.6 Å². The van der Waals surface area contributed by atoms with Crippen molar-refractivity contribution in [2.75, 3.05) is 16.2 Å². The second kappa shape index (κ2) is 8.94. The summed E-state index contributed by atoms with van der Waals surface area (Å²) in [7, 11) is -3.70. The standard InChI is InChI=1S/C25H28N2O3S/c1-5-27(22-9-7-6-8-10-22)31(29,30)23-17-15-21(16-18-23)26-24(28)19-11-13-20(14-12-19)25(2,3)4/h6-18H,5H2,1-4H3,(H,26,28). The first kappa shape index (κ1) is 22.6. The van der Waals surface area contributed by atoms with Crippen LogP contribution in [0.2, 0.25) is 0 Å². The predicted octanol–water partition coefficient (Wildman–Crippen LogP) is 5.45. The number of carbonyl (C=O) groups excluding carboxylic acids is 1. The van der Waals surface area contributed by atoms with Crippen LogP contribution in [0.4, 0.5) is 11.4 Å². The molecule has 0 heterocycles. The highest BCUT2D eigenvalue weighted by molar-refractivity contribution is 7.92. The third-order valence-corrected chi connectivity index (χ3v) is 6.96. The van der Waals surface area contributed by atoms with Crippen LogP contribution in [0.25, 0.3) is 0 Å². The number of nitrogens with zero attached hydrogens (tertiary/aromatic N) is 1. The summed E-state index contributed by atoms with van der Waals surface area (Å²) in [6, 6.07) is 22.7. The molecule has 0 radical (unpaired) electrons. The fraction of sp³-hybridized carbons (Fsp3) is 0.240. The Morgan fingerprint density at radius 3 is 1.97 bits per heavy atom. The van der Waals surface area contributed by atoms with Gasteiger partial charge in [0.15, 0.2) is 0 Å². The molecule has 0 bridgehead atoms. The van der Waals surface area contributed by atoms with E-state index in [9.17, 15) is 13.2 Å². The van der Waals surface area contributed by atoms with Crippen LogP contribution < -0.4 is 9.62 Å². The number of benzene rings is 3. The van der Waals surface area contributed by atoms with Crippen LogP contribution in [0, 0.1) is 0 Å². The van der Waals surface area contributed by atoms with Gasteiger partial charge in [-0.3, -0.25) is 9.10 Å². The van der Waals surface area contributed by atoms with E-state index in [2.05, 4.69) is 26.1 Å². The van der Waals surface area contributed by atoms with Crippen molar-refractivity contribution in [1.82, 2.24) is 0 Å². The molecular weight excluding hydrogens is 408 g/mol. The van der Waals surface area contributed by atoms with Crippen molar-refractivity contribution in [3.05, 3.63) is 90.0 Å². The van der Waals surface area contributed by atoms with Crippen LogP contribution in [0.5, 0.6) is 0 Å². The van der Waals surface area contributed by atoms with E-state index in [1.165, 1.54) is 16.4 Å². The molecule has 162 valence electrons. The summed E-state index contributed by atoms with van der Waals surface area (Å²) >= 11 is 0. The van der Waals surface area contributed by atoms with Crippen molar-refractivity contribution in [3.63, 3.8) is 0 Å². The Morgan fingerprint density at radius 2 is 1.45 bits per heavy atom. The van der Waals surface area contributed by atoms with Crippen molar-refractivity contribution >= 4 is 27.3 Å². The summed E-state index contributed by atoms with van der Waals surface area (Å²) in [6.07, 6.45) is 0. The van der Waals surface area contributed by atoms with Crippen molar-refractivity contribution in [1.29, 1.82) is 0 Å². The second-order valence-corrected chi connectivity index (χ2v) is 10.2. The Balaban J connectivity index is 1.76. The minimum atomic E-state index is -3.70. The molecule has 0 saturated carbocycles. The van der Waals surface area contributed by atoms with E-state index in [1.54, 1.807) is 55.5 Å². The number of carbonyl (C=O) groups is 1. The van der Waals surface area contributed by atoms with Crippen molar-refractivity contribution in [2.45, 2.75) is 38.0 Å². The summed E-state index contributed by atoms with van der Waals surface area (Å²) in [5, 5.41) is 2.82. The molecule has 0 aromatic heterocycles. The maximum absolute atomic E-state index is 13.1. The van der Waals surface area contributed by atoms with E-state index in [0.717, 1.165) is 5.56 Å². The zero-order valence-electron chi connectivity index (χ0n) is 18.3. The number of nitrogens with one attached hydrogen (secondary N) is 1. The number of hydrogen-bond donors (Lipinski definition) is 1. The first-order valence-electron chi connectivity index (χ1n) is 10.2. The van der Waals surface area contributed by atoms with Crippen LogP contribution in [0.3, 0.4) is 0 Å². The molecule has 1 amide bonds. The molecular formula is C25H28N2O3S. The highest BCUT2D eigenvalue weighted by Crippen LogP contribution is 2.25. The maximum Gasteiger partial charge on any atom is 0.264 e. The second-order valence-electron chi connectivity index (χ2n) is 8.31. The lowest BCUT2D eigenvalue weighted by Crippen LogP contribution is -2.30. The average Bonchev–Trinajstić information content (AvgIpc) is 2.75. The highest BCUT2D eigenvalue weighted by Gasteiger charge is 2.23. The monoisotopic (exact) mass is 436 g/mol. The Kier molecular flexibility index (Phi) is 6.51. The molecule has 0 aliphatic carbocycles. The van der Waals surface area contributed by atoms with Gasteiger partial charge < -0.3 is 5.32 Å². The van der Waals surface area contributed by atoms with Gasteiger partial charge in [-0.1, -0.05) is 51.1 Å². The normalized spacial score (nSPS) is 11.7. The van der Waals surface area contributed by atoms with E-state index in [-0.39, 0.29) is 16.2 Å². The number of sulfonamides is 1. The molecule has 0 saturated heterocycles. The van der Waals surface area contributed by atoms with Crippen molar-refractivity contribution < 1.29 is 13.2 Å². The highest BCUT2D eigenvalue weighted by atomic mass is 32.2. The molecule has 0 unspecified atom stereocenters. The van der Waals surface area contributed by atoms with E-state index >= 15 is 0 Å². The van der Waals surface area contributed by atoms with Crippen molar-refractivity contribution in [3.8, 4) is 0 Å². The van der Waals surface area contributed by atoms with Crippen LogP contribution in [0.1, 0.15) is 43.6 Å². The average molecular weight is 437 g/mol. The van der Waals surface area contributed by atoms with E-state index in [4.69, 9.17) is 0 Å². The molecule has 3 aromatic rings. The third kappa shape index (κ3) is 5.14. The molecule has 6 heteroatoms. The van der Waals surface area contributed by atoms with Gasteiger partial charge in [-0.25, -0.2) is 8.42 Å². The van der Waals surface area contributed by atoms with Crippen LogP contribution in [0.15, 0.2) is 83.8 Å². The molecule has 1 N–H and O–H groups in total. The Bertz CT molecular complexity index is 1130. The minimum absolute atomic E-state index is 0.0163. The van der Waals surface area contributed by atoms with Crippen LogP contribution in [-0.4, -0.2) is 20.9 Å². The molecule has 0 aliphatic rings. The fourth-order valence-electron chi connectivity index (χ4n) is 3.25. The first-order chi connectivity index (χ1) is 14.6. The number of amides is 1. The van der Waals surface area contributed by atoms with Gasteiger partial charge in [-0.15, -0.1) is 0 Å². The Labute approximate surface area is 184 Å². The molecule has 0 aliphatic heterocycles. The molecule has 0 spiro atoms. The van der Waals surface area contributed by atoms with E-state index in [0.29, 0.717) is 23.5 Å². The van der Waals surface area contributed by atoms with E-state index in [1.807, 2.05) is 18.2 Å². The summed E-state index contributed by atoms with van der Waals surface area (Å²) in [5.41, 5.74) is 2.86. The van der Waals surface area contributed by atoms with E-state index < -0.39 is 10.0 Å². The minimum Gasteiger partial charge on any atom is -0.322 e. The van der Waals surface area contributed by atoms with Gasteiger partial charge in [0.2, 0.25) is 0 Å². The summed E-state index contributed by atoms with van der Waals surface area (Å²) in [6.45, 7) is 8.47. The zero-order valence-corrected chi connectivity index (χ0v) is 19.1. The lowest BCUT2D eigenvalue weighted by molar-refractivity contribution is 0.102. The summed E-state index contributed by atoms with van der Waals surface area (Å²) < 4.78 is 27.5. The maximum atomic E-state index is 13.1. The number of hydrogen-bond acceptors (Lipinski definition) is 3.